The Morgan fingerprint density at radius 3 is 2.82 bits per heavy atom. The van der Waals surface area contributed by atoms with Crippen molar-refractivity contribution in [1.82, 2.24) is 5.32 Å². The summed E-state index contributed by atoms with van der Waals surface area (Å²) in [6.45, 7) is 0.956. The largest absolute Gasteiger partial charge is 0.314 e. The number of sulfone groups is 1. The summed E-state index contributed by atoms with van der Waals surface area (Å²) in [5, 5.41) is 3.27. The Hall–Kier alpha value is -0.940. The normalized spacial score (nSPS) is 20.7. The minimum atomic E-state index is -3.49. The van der Waals surface area contributed by atoms with Gasteiger partial charge in [-0.15, -0.1) is 0 Å². The first kappa shape index (κ1) is 12.5. The van der Waals surface area contributed by atoms with Crippen molar-refractivity contribution in [1.29, 1.82) is 0 Å². The molecule has 5 heteroatoms. The van der Waals surface area contributed by atoms with E-state index in [0.717, 1.165) is 25.6 Å². The average Bonchev–Trinajstić information content (AvgIpc) is 2.72. The zero-order valence-corrected chi connectivity index (χ0v) is 10.6. The van der Waals surface area contributed by atoms with Crippen LogP contribution in [0.15, 0.2) is 23.1 Å². The molecule has 1 fully saturated rings. The van der Waals surface area contributed by atoms with Crippen molar-refractivity contribution in [3.63, 3.8) is 0 Å². The summed E-state index contributed by atoms with van der Waals surface area (Å²) < 4.78 is 36.8. The van der Waals surface area contributed by atoms with Crippen molar-refractivity contribution < 1.29 is 12.8 Å². The van der Waals surface area contributed by atoms with Gasteiger partial charge in [-0.3, -0.25) is 0 Å². The molecule has 1 N–H and O–H groups in total. The number of hydrogen-bond acceptors (Lipinski definition) is 3. The molecule has 1 heterocycles. The zero-order chi connectivity index (χ0) is 12.5. The highest BCUT2D eigenvalue weighted by molar-refractivity contribution is 7.90. The fourth-order valence-electron chi connectivity index (χ4n) is 2.20. The molecule has 1 aromatic carbocycles. The summed E-state index contributed by atoms with van der Waals surface area (Å²) >= 11 is 0. The maximum absolute atomic E-state index is 14.0. The molecule has 0 bridgehead atoms. The molecule has 0 aliphatic carbocycles. The van der Waals surface area contributed by atoms with Crippen LogP contribution in [0.3, 0.4) is 0 Å². The Morgan fingerprint density at radius 2 is 2.24 bits per heavy atom. The Balaban J connectivity index is 2.29. The molecule has 0 aromatic heterocycles. The lowest BCUT2D eigenvalue weighted by Gasteiger charge is -2.12. The lowest BCUT2D eigenvalue weighted by Crippen LogP contribution is -2.24. The summed E-state index contributed by atoms with van der Waals surface area (Å²) in [6, 6.07) is 4.84. The van der Waals surface area contributed by atoms with Gasteiger partial charge in [-0.25, -0.2) is 12.8 Å². The molecule has 1 atom stereocenters. The van der Waals surface area contributed by atoms with Gasteiger partial charge in [0.2, 0.25) is 0 Å². The molecular weight excluding hydrogens is 241 g/mol. The third-order valence-corrected chi connectivity index (χ3v) is 4.19. The van der Waals surface area contributed by atoms with E-state index >= 15 is 0 Å². The number of halogens is 1. The predicted octanol–water partition coefficient (Wildman–Crippen LogP) is 1.52. The van der Waals surface area contributed by atoms with Crippen LogP contribution in [0.25, 0.3) is 0 Å². The fourth-order valence-corrected chi connectivity index (χ4v) is 2.98. The highest BCUT2D eigenvalue weighted by Gasteiger charge is 2.20. The van der Waals surface area contributed by atoms with E-state index in [9.17, 15) is 12.8 Å². The molecule has 1 aliphatic rings. The van der Waals surface area contributed by atoms with Gasteiger partial charge < -0.3 is 5.32 Å². The van der Waals surface area contributed by atoms with Gasteiger partial charge in [0.1, 0.15) is 10.7 Å². The van der Waals surface area contributed by atoms with Gasteiger partial charge in [0.25, 0.3) is 0 Å². The molecule has 0 amide bonds. The van der Waals surface area contributed by atoms with Crippen molar-refractivity contribution in [3.05, 3.63) is 29.6 Å². The van der Waals surface area contributed by atoms with Crippen molar-refractivity contribution >= 4 is 9.84 Å². The summed E-state index contributed by atoms with van der Waals surface area (Å²) in [6.07, 6.45) is 3.69. The minimum Gasteiger partial charge on any atom is -0.314 e. The molecular formula is C12H16FNO2S. The molecule has 1 unspecified atom stereocenters. The predicted molar refractivity (Wildman–Crippen MR) is 64.2 cm³/mol. The van der Waals surface area contributed by atoms with E-state index in [2.05, 4.69) is 5.32 Å². The Morgan fingerprint density at radius 1 is 1.47 bits per heavy atom. The smallest absolute Gasteiger partial charge is 0.178 e. The van der Waals surface area contributed by atoms with Gasteiger partial charge in [-0.2, -0.15) is 0 Å². The van der Waals surface area contributed by atoms with Crippen LogP contribution in [0.1, 0.15) is 18.4 Å². The van der Waals surface area contributed by atoms with Crippen molar-refractivity contribution in [2.24, 2.45) is 0 Å². The second-order valence-corrected chi connectivity index (χ2v) is 6.48. The van der Waals surface area contributed by atoms with E-state index in [0.29, 0.717) is 12.0 Å². The first-order valence-corrected chi connectivity index (χ1v) is 7.58. The third kappa shape index (κ3) is 2.84. The van der Waals surface area contributed by atoms with Gasteiger partial charge in [0.05, 0.1) is 0 Å². The molecule has 0 spiro atoms. The zero-order valence-electron chi connectivity index (χ0n) is 9.74. The molecule has 17 heavy (non-hydrogen) atoms. The minimum absolute atomic E-state index is 0.201. The first-order valence-electron chi connectivity index (χ1n) is 5.69. The van der Waals surface area contributed by atoms with E-state index in [1.54, 1.807) is 12.1 Å². The summed E-state index contributed by atoms with van der Waals surface area (Å²) in [5.41, 5.74) is 0.479. The molecule has 0 radical (unpaired) electrons. The molecule has 3 nitrogen and oxygen atoms in total. The van der Waals surface area contributed by atoms with Crippen LogP contribution < -0.4 is 5.32 Å². The molecule has 94 valence electrons. The quantitative estimate of drug-likeness (QED) is 0.893. The second-order valence-electron chi connectivity index (χ2n) is 4.50. The Kier molecular flexibility index (Phi) is 3.49. The van der Waals surface area contributed by atoms with E-state index in [4.69, 9.17) is 0 Å². The van der Waals surface area contributed by atoms with Crippen LogP contribution in [0.5, 0.6) is 0 Å². The van der Waals surface area contributed by atoms with Gasteiger partial charge >= 0.3 is 0 Å². The van der Waals surface area contributed by atoms with Gasteiger partial charge in [-0.05, 0) is 37.4 Å². The average molecular weight is 257 g/mol. The monoisotopic (exact) mass is 257 g/mol. The van der Waals surface area contributed by atoms with Crippen LogP contribution >= 0.6 is 0 Å². The number of hydrogen-bond donors (Lipinski definition) is 1. The molecule has 1 aliphatic heterocycles. The topological polar surface area (TPSA) is 46.2 Å². The van der Waals surface area contributed by atoms with Gasteiger partial charge in [0.15, 0.2) is 9.84 Å². The Bertz CT molecular complexity index is 507. The van der Waals surface area contributed by atoms with Gasteiger partial charge in [0, 0.05) is 12.3 Å². The van der Waals surface area contributed by atoms with Crippen molar-refractivity contribution in [3.8, 4) is 0 Å². The Labute approximate surface area is 101 Å². The molecule has 1 aromatic rings. The first-order chi connectivity index (χ1) is 7.98. The van der Waals surface area contributed by atoms with E-state index in [-0.39, 0.29) is 10.9 Å². The van der Waals surface area contributed by atoms with Crippen LogP contribution in [-0.2, 0) is 16.3 Å². The lowest BCUT2D eigenvalue weighted by molar-refractivity contribution is 0.537. The SMILES string of the molecule is CS(=O)(=O)c1cccc(CC2CCCN2)c1F. The summed E-state index contributed by atoms with van der Waals surface area (Å²) in [7, 11) is -3.49. The summed E-state index contributed by atoms with van der Waals surface area (Å²) in [5.74, 6) is -0.594. The van der Waals surface area contributed by atoms with Gasteiger partial charge in [-0.1, -0.05) is 12.1 Å². The molecule has 1 saturated heterocycles. The van der Waals surface area contributed by atoms with E-state index in [1.807, 2.05) is 0 Å². The standard InChI is InChI=1S/C12H16FNO2S/c1-17(15,16)11-6-2-4-9(12(11)13)8-10-5-3-7-14-10/h2,4,6,10,14H,3,5,7-8H2,1H3. The maximum Gasteiger partial charge on any atom is 0.178 e. The van der Waals surface area contributed by atoms with E-state index in [1.165, 1.54) is 6.07 Å². The number of rotatable bonds is 3. The highest BCUT2D eigenvalue weighted by atomic mass is 32.2. The van der Waals surface area contributed by atoms with Crippen LogP contribution in [0, 0.1) is 5.82 Å². The number of benzene rings is 1. The third-order valence-electron chi connectivity index (χ3n) is 3.07. The lowest BCUT2D eigenvalue weighted by atomic mass is 10.0. The van der Waals surface area contributed by atoms with Crippen molar-refractivity contribution in [2.75, 3.05) is 12.8 Å². The van der Waals surface area contributed by atoms with Crippen LogP contribution in [0.4, 0.5) is 4.39 Å². The van der Waals surface area contributed by atoms with E-state index < -0.39 is 15.7 Å². The van der Waals surface area contributed by atoms with Crippen LogP contribution in [0.2, 0.25) is 0 Å². The summed E-state index contributed by atoms with van der Waals surface area (Å²) in [4.78, 5) is -0.201. The van der Waals surface area contributed by atoms with Crippen LogP contribution in [-0.4, -0.2) is 27.3 Å². The molecule has 0 saturated carbocycles. The van der Waals surface area contributed by atoms with Crippen molar-refractivity contribution in [2.45, 2.75) is 30.2 Å². The second kappa shape index (κ2) is 4.74. The highest BCUT2D eigenvalue weighted by Crippen LogP contribution is 2.21. The molecule has 2 rings (SSSR count). The number of nitrogens with one attached hydrogen (secondary N) is 1. The fraction of sp³-hybridized carbons (Fsp3) is 0.500. The maximum atomic E-state index is 14.0.